The summed E-state index contributed by atoms with van der Waals surface area (Å²) >= 11 is 2.04. The quantitative estimate of drug-likeness (QED) is 0.784. The van der Waals surface area contributed by atoms with Gasteiger partial charge in [0, 0.05) is 10.6 Å². The summed E-state index contributed by atoms with van der Waals surface area (Å²) in [4.78, 5) is 1.57. The average Bonchev–Trinajstić information content (AvgIpc) is 2.62. The van der Waals surface area contributed by atoms with Crippen molar-refractivity contribution in [1.29, 1.82) is 0 Å². The lowest BCUT2D eigenvalue weighted by atomic mass is 9.99. The van der Waals surface area contributed by atoms with E-state index in [-0.39, 0.29) is 0 Å². The van der Waals surface area contributed by atoms with Crippen LogP contribution in [0.5, 0.6) is 0 Å². The van der Waals surface area contributed by atoms with Crippen LogP contribution in [0.4, 0.5) is 0 Å². The molecular weight excluding hydrogens is 202 g/mol. The zero-order valence-corrected chi connectivity index (χ0v) is 10.4. The van der Waals surface area contributed by atoms with Crippen LogP contribution in [0.25, 0.3) is 0 Å². The topological polar surface area (TPSA) is 12.0 Å². The van der Waals surface area contributed by atoms with Crippen LogP contribution < -0.4 is 5.32 Å². The molecule has 2 rings (SSSR count). The fourth-order valence-corrected chi connectivity index (χ4v) is 3.51. The number of fused-ring (bicyclic) bond motifs is 1. The summed E-state index contributed by atoms with van der Waals surface area (Å²) in [6.07, 6.45) is 2.45. The van der Waals surface area contributed by atoms with E-state index in [1.165, 1.54) is 18.6 Å². The number of thioether (sulfide) groups is 1. The van der Waals surface area contributed by atoms with E-state index in [1.54, 1.807) is 16.0 Å². The number of nitrogens with one attached hydrogen (secondary N) is 1. The molecule has 1 nitrogen and oxygen atoms in total. The fourth-order valence-electron chi connectivity index (χ4n) is 2.12. The van der Waals surface area contributed by atoms with Crippen molar-refractivity contribution in [2.75, 3.05) is 19.3 Å². The largest absolute Gasteiger partial charge is 0.320 e. The molecule has 0 spiro atoms. The van der Waals surface area contributed by atoms with Crippen LogP contribution in [-0.2, 0) is 6.42 Å². The van der Waals surface area contributed by atoms with Crippen molar-refractivity contribution in [3.63, 3.8) is 0 Å². The first-order valence-corrected chi connectivity index (χ1v) is 6.70. The first kappa shape index (κ1) is 11.0. The van der Waals surface area contributed by atoms with Gasteiger partial charge in [-0.1, -0.05) is 25.1 Å². The van der Waals surface area contributed by atoms with Gasteiger partial charge in [0.05, 0.1) is 0 Å². The fraction of sp³-hybridized carbons (Fsp3) is 0.538. The Morgan fingerprint density at radius 1 is 1.47 bits per heavy atom. The molecule has 1 aromatic rings. The molecule has 0 fully saturated rings. The summed E-state index contributed by atoms with van der Waals surface area (Å²) in [6.45, 7) is 3.44. The standard InChI is InChI=1S/C13H19NS/c1-10-9-15-13-11(6-4-8-14-2)5-3-7-12(10)13/h3,5,7,10,14H,4,6,8-9H2,1-2H3. The molecule has 1 aromatic carbocycles. The van der Waals surface area contributed by atoms with Gasteiger partial charge in [-0.15, -0.1) is 11.8 Å². The Morgan fingerprint density at radius 2 is 2.33 bits per heavy atom. The lowest BCUT2D eigenvalue weighted by Gasteiger charge is -2.08. The third kappa shape index (κ3) is 2.37. The molecule has 0 aliphatic carbocycles. The van der Waals surface area contributed by atoms with Gasteiger partial charge in [-0.3, -0.25) is 0 Å². The van der Waals surface area contributed by atoms with E-state index in [0.29, 0.717) is 0 Å². The third-order valence-electron chi connectivity index (χ3n) is 3.01. The molecule has 0 radical (unpaired) electrons. The van der Waals surface area contributed by atoms with Gasteiger partial charge in [-0.05, 0) is 43.5 Å². The summed E-state index contributed by atoms with van der Waals surface area (Å²) in [5.41, 5.74) is 3.12. The maximum Gasteiger partial charge on any atom is 0.0139 e. The van der Waals surface area contributed by atoms with Gasteiger partial charge in [0.2, 0.25) is 0 Å². The molecule has 1 heterocycles. The first-order chi connectivity index (χ1) is 7.33. The minimum atomic E-state index is 0.745. The van der Waals surface area contributed by atoms with Crippen molar-refractivity contribution < 1.29 is 0 Å². The van der Waals surface area contributed by atoms with Crippen LogP contribution in [0.15, 0.2) is 23.1 Å². The molecule has 0 amide bonds. The highest BCUT2D eigenvalue weighted by molar-refractivity contribution is 7.99. The third-order valence-corrected chi connectivity index (χ3v) is 4.46. The van der Waals surface area contributed by atoms with Crippen LogP contribution in [0.2, 0.25) is 0 Å². The molecule has 2 heteroatoms. The average molecular weight is 221 g/mol. The lowest BCUT2D eigenvalue weighted by molar-refractivity contribution is 0.718. The Labute approximate surface area is 96.7 Å². The minimum absolute atomic E-state index is 0.745. The molecule has 1 aliphatic heterocycles. The number of benzene rings is 1. The summed E-state index contributed by atoms with van der Waals surface area (Å²) < 4.78 is 0. The smallest absolute Gasteiger partial charge is 0.0139 e. The van der Waals surface area contributed by atoms with Gasteiger partial charge < -0.3 is 5.32 Å². The van der Waals surface area contributed by atoms with Gasteiger partial charge >= 0.3 is 0 Å². The van der Waals surface area contributed by atoms with Crippen molar-refractivity contribution >= 4 is 11.8 Å². The van der Waals surface area contributed by atoms with Crippen LogP contribution >= 0.6 is 11.8 Å². The second-order valence-corrected chi connectivity index (χ2v) is 5.28. The summed E-state index contributed by atoms with van der Waals surface area (Å²) in [5, 5.41) is 3.21. The summed E-state index contributed by atoms with van der Waals surface area (Å²) in [5.74, 6) is 2.01. The minimum Gasteiger partial charge on any atom is -0.320 e. The van der Waals surface area contributed by atoms with Gasteiger partial charge in [0.25, 0.3) is 0 Å². The molecule has 0 bridgehead atoms. The molecular formula is C13H19NS. The van der Waals surface area contributed by atoms with E-state index >= 15 is 0 Å². The SMILES string of the molecule is CNCCCc1cccc2c1SCC2C. The van der Waals surface area contributed by atoms with Crippen LogP contribution in [-0.4, -0.2) is 19.3 Å². The molecule has 1 atom stereocenters. The molecule has 0 aromatic heterocycles. The molecule has 82 valence electrons. The zero-order valence-electron chi connectivity index (χ0n) is 9.55. The van der Waals surface area contributed by atoms with E-state index in [4.69, 9.17) is 0 Å². The number of aryl methyl sites for hydroxylation is 1. The van der Waals surface area contributed by atoms with Gasteiger partial charge in [0.1, 0.15) is 0 Å². The summed E-state index contributed by atoms with van der Waals surface area (Å²) in [7, 11) is 2.02. The van der Waals surface area contributed by atoms with E-state index in [0.717, 1.165) is 12.5 Å². The molecule has 1 unspecified atom stereocenters. The molecule has 1 aliphatic rings. The maximum atomic E-state index is 3.21. The monoisotopic (exact) mass is 221 g/mol. The van der Waals surface area contributed by atoms with Gasteiger partial charge in [-0.2, -0.15) is 0 Å². The van der Waals surface area contributed by atoms with Crippen LogP contribution in [0.3, 0.4) is 0 Å². The van der Waals surface area contributed by atoms with Crippen LogP contribution in [0.1, 0.15) is 30.4 Å². The highest BCUT2D eigenvalue weighted by Gasteiger charge is 2.20. The lowest BCUT2D eigenvalue weighted by Crippen LogP contribution is -2.08. The van der Waals surface area contributed by atoms with Crippen molar-refractivity contribution in [3.05, 3.63) is 29.3 Å². The van der Waals surface area contributed by atoms with Crippen LogP contribution in [0, 0.1) is 0 Å². The Balaban J connectivity index is 2.12. The van der Waals surface area contributed by atoms with Gasteiger partial charge in [0.15, 0.2) is 0 Å². The normalized spacial score (nSPS) is 19.2. The predicted octanol–water partition coefficient (Wildman–Crippen LogP) is 3.05. The number of hydrogen-bond donors (Lipinski definition) is 1. The number of hydrogen-bond acceptors (Lipinski definition) is 2. The van der Waals surface area contributed by atoms with Gasteiger partial charge in [-0.25, -0.2) is 0 Å². The molecule has 0 saturated carbocycles. The van der Waals surface area contributed by atoms with Crippen molar-refractivity contribution in [2.45, 2.75) is 30.6 Å². The Hall–Kier alpha value is -0.470. The summed E-state index contributed by atoms with van der Waals surface area (Å²) in [6, 6.07) is 6.80. The first-order valence-electron chi connectivity index (χ1n) is 5.72. The van der Waals surface area contributed by atoms with Crippen molar-refractivity contribution in [2.24, 2.45) is 0 Å². The Kier molecular flexibility index (Phi) is 3.71. The van der Waals surface area contributed by atoms with E-state index in [9.17, 15) is 0 Å². The Bertz CT molecular complexity index is 335. The highest BCUT2D eigenvalue weighted by atomic mass is 32.2. The molecule has 1 N–H and O–H groups in total. The Morgan fingerprint density at radius 3 is 3.13 bits per heavy atom. The second kappa shape index (κ2) is 5.04. The zero-order chi connectivity index (χ0) is 10.7. The van der Waals surface area contributed by atoms with E-state index in [2.05, 4.69) is 30.4 Å². The van der Waals surface area contributed by atoms with E-state index < -0.39 is 0 Å². The maximum absolute atomic E-state index is 3.21. The van der Waals surface area contributed by atoms with Crippen molar-refractivity contribution in [3.8, 4) is 0 Å². The molecule has 0 saturated heterocycles. The molecule has 15 heavy (non-hydrogen) atoms. The predicted molar refractivity (Wildman–Crippen MR) is 67.8 cm³/mol. The van der Waals surface area contributed by atoms with E-state index in [1.807, 2.05) is 18.8 Å². The second-order valence-electron chi connectivity index (χ2n) is 4.25. The highest BCUT2D eigenvalue weighted by Crippen LogP contribution is 2.41. The van der Waals surface area contributed by atoms with Crippen molar-refractivity contribution in [1.82, 2.24) is 5.32 Å². The number of rotatable bonds is 4.